The van der Waals surface area contributed by atoms with Gasteiger partial charge >= 0.3 is 5.97 Å². The van der Waals surface area contributed by atoms with Gasteiger partial charge in [-0.1, -0.05) is 0 Å². The number of ether oxygens (including phenoxy) is 2. The van der Waals surface area contributed by atoms with Gasteiger partial charge in [0.2, 0.25) is 0 Å². The van der Waals surface area contributed by atoms with E-state index in [1.54, 1.807) is 18.7 Å². The van der Waals surface area contributed by atoms with Crippen LogP contribution in [0.5, 0.6) is 5.75 Å². The number of nitrogens with two attached hydrogens (primary N) is 1. The number of hydrogen-bond acceptors (Lipinski definition) is 6. The monoisotopic (exact) mass is 360 g/mol. The van der Waals surface area contributed by atoms with Gasteiger partial charge in [-0.3, -0.25) is 14.3 Å². The van der Waals surface area contributed by atoms with Crippen LogP contribution in [0.25, 0.3) is 0 Å². The Hall–Kier alpha value is -3.36. The van der Waals surface area contributed by atoms with Gasteiger partial charge in [0.1, 0.15) is 5.75 Å². The van der Waals surface area contributed by atoms with Crippen LogP contribution < -0.4 is 15.8 Å². The number of nitrogens with one attached hydrogen (secondary N) is 1. The van der Waals surface area contributed by atoms with Crippen molar-refractivity contribution < 1.29 is 23.9 Å². The van der Waals surface area contributed by atoms with E-state index in [0.717, 1.165) is 5.69 Å². The van der Waals surface area contributed by atoms with E-state index in [-0.39, 0.29) is 12.2 Å². The molecule has 0 fully saturated rings. The third-order valence-corrected chi connectivity index (χ3v) is 3.58. The SMILES string of the molecule is Cc1nn(C)c(C)c1NC(=O)COC(=O)c1ccc(OCC(N)=O)cc1. The van der Waals surface area contributed by atoms with Crippen molar-refractivity contribution in [3.63, 3.8) is 0 Å². The van der Waals surface area contributed by atoms with Gasteiger partial charge in [-0.05, 0) is 38.1 Å². The molecular formula is C17H20N4O5. The summed E-state index contributed by atoms with van der Waals surface area (Å²) in [6.45, 7) is 2.92. The molecule has 138 valence electrons. The molecule has 9 nitrogen and oxygen atoms in total. The third-order valence-electron chi connectivity index (χ3n) is 3.58. The highest BCUT2D eigenvalue weighted by Crippen LogP contribution is 2.18. The van der Waals surface area contributed by atoms with Gasteiger partial charge in [0.25, 0.3) is 11.8 Å². The molecule has 0 aliphatic heterocycles. The van der Waals surface area contributed by atoms with Crippen molar-refractivity contribution in [3.05, 3.63) is 41.2 Å². The van der Waals surface area contributed by atoms with Crippen LogP contribution in [-0.2, 0) is 21.4 Å². The molecule has 0 bridgehead atoms. The number of carbonyl (C=O) groups excluding carboxylic acids is 3. The lowest BCUT2D eigenvalue weighted by molar-refractivity contribution is -0.120. The van der Waals surface area contributed by atoms with Crippen molar-refractivity contribution >= 4 is 23.5 Å². The van der Waals surface area contributed by atoms with E-state index in [4.69, 9.17) is 15.2 Å². The number of amides is 2. The highest BCUT2D eigenvalue weighted by atomic mass is 16.5. The second kappa shape index (κ2) is 8.15. The number of benzene rings is 1. The zero-order chi connectivity index (χ0) is 19.3. The standard InChI is InChI=1S/C17H20N4O5/c1-10-16(11(2)21(3)20-10)19-15(23)9-26-17(24)12-4-6-13(7-5-12)25-8-14(18)22/h4-7H,8-9H2,1-3H3,(H2,18,22)(H,19,23). The number of aryl methyl sites for hydroxylation is 2. The minimum Gasteiger partial charge on any atom is -0.484 e. The minimum absolute atomic E-state index is 0.248. The predicted molar refractivity (Wildman–Crippen MR) is 92.7 cm³/mol. The first-order valence-corrected chi connectivity index (χ1v) is 7.76. The van der Waals surface area contributed by atoms with Gasteiger partial charge in [-0.25, -0.2) is 4.79 Å². The molecule has 1 aromatic carbocycles. The first kappa shape index (κ1) is 19.0. The summed E-state index contributed by atoms with van der Waals surface area (Å²) in [4.78, 5) is 34.6. The Labute approximate surface area is 150 Å². The van der Waals surface area contributed by atoms with E-state index >= 15 is 0 Å². The molecule has 2 aromatic rings. The van der Waals surface area contributed by atoms with Gasteiger partial charge < -0.3 is 20.5 Å². The summed E-state index contributed by atoms with van der Waals surface area (Å²) in [5.41, 5.74) is 7.31. The number of aromatic nitrogens is 2. The Morgan fingerprint density at radius 1 is 1.15 bits per heavy atom. The van der Waals surface area contributed by atoms with Crippen molar-refractivity contribution in [3.8, 4) is 5.75 Å². The molecule has 0 unspecified atom stereocenters. The first-order chi connectivity index (χ1) is 12.3. The Morgan fingerprint density at radius 2 is 1.81 bits per heavy atom. The number of esters is 1. The maximum absolute atomic E-state index is 12.0. The quantitative estimate of drug-likeness (QED) is 0.700. The molecule has 2 amide bonds. The molecule has 2 rings (SSSR count). The average Bonchev–Trinajstić information content (AvgIpc) is 2.84. The highest BCUT2D eigenvalue weighted by Gasteiger charge is 2.15. The van der Waals surface area contributed by atoms with E-state index in [1.165, 1.54) is 24.3 Å². The van der Waals surface area contributed by atoms with Crippen molar-refractivity contribution in [1.29, 1.82) is 0 Å². The van der Waals surface area contributed by atoms with Crippen molar-refractivity contribution in [2.45, 2.75) is 13.8 Å². The van der Waals surface area contributed by atoms with Crippen LogP contribution in [0, 0.1) is 13.8 Å². The molecule has 0 atom stereocenters. The highest BCUT2D eigenvalue weighted by molar-refractivity contribution is 5.96. The maximum atomic E-state index is 12.0. The molecular weight excluding hydrogens is 340 g/mol. The first-order valence-electron chi connectivity index (χ1n) is 7.76. The summed E-state index contributed by atoms with van der Waals surface area (Å²) in [6, 6.07) is 5.93. The van der Waals surface area contributed by atoms with E-state index in [1.807, 2.05) is 6.92 Å². The summed E-state index contributed by atoms with van der Waals surface area (Å²) in [5.74, 6) is -1.32. The Morgan fingerprint density at radius 3 is 2.35 bits per heavy atom. The van der Waals surface area contributed by atoms with Gasteiger partial charge in [0.15, 0.2) is 13.2 Å². The molecule has 26 heavy (non-hydrogen) atoms. The molecule has 1 aromatic heterocycles. The number of rotatable bonds is 7. The predicted octanol–water partition coefficient (Wildman–Crippen LogP) is 0.697. The molecule has 0 aliphatic rings. The fraction of sp³-hybridized carbons (Fsp3) is 0.294. The molecule has 0 spiro atoms. The maximum Gasteiger partial charge on any atom is 0.338 e. The molecule has 3 N–H and O–H groups in total. The fourth-order valence-electron chi connectivity index (χ4n) is 2.19. The minimum atomic E-state index is -0.652. The normalized spacial score (nSPS) is 10.3. The van der Waals surface area contributed by atoms with E-state index in [2.05, 4.69) is 10.4 Å². The van der Waals surface area contributed by atoms with E-state index in [9.17, 15) is 14.4 Å². The third kappa shape index (κ3) is 4.82. The van der Waals surface area contributed by atoms with E-state index in [0.29, 0.717) is 17.1 Å². The second-order valence-electron chi connectivity index (χ2n) is 5.57. The zero-order valence-corrected chi connectivity index (χ0v) is 14.7. The summed E-state index contributed by atoms with van der Waals surface area (Å²) in [6.07, 6.45) is 0. The molecule has 0 aliphatic carbocycles. The van der Waals surface area contributed by atoms with Gasteiger partial charge in [0.05, 0.1) is 22.6 Å². The molecule has 1 heterocycles. The van der Waals surface area contributed by atoms with Crippen molar-refractivity contribution in [2.24, 2.45) is 12.8 Å². The average molecular weight is 360 g/mol. The number of primary amides is 1. The van der Waals surface area contributed by atoms with Crippen LogP contribution in [-0.4, -0.2) is 40.8 Å². The smallest absolute Gasteiger partial charge is 0.338 e. The Kier molecular flexibility index (Phi) is 5.94. The number of carbonyl (C=O) groups is 3. The lowest BCUT2D eigenvalue weighted by Gasteiger charge is -2.08. The van der Waals surface area contributed by atoms with Gasteiger partial charge in [-0.15, -0.1) is 0 Å². The summed E-state index contributed by atoms with van der Waals surface area (Å²) < 4.78 is 11.7. The second-order valence-corrected chi connectivity index (χ2v) is 5.57. The van der Waals surface area contributed by atoms with Crippen LogP contribution in [0.4, 0.5) is 5.69 Å². The lowest BCUT2D eigenvalue weighted by Crippen LogP contribution is -2.21. The summed E-state index contributed by atoms with van der Waals surface area (Å²) in [5, 5.41) is 6.87. The zero-order valence-electron chi connectivity index (χ0n) is 14.7. The van der Waals surface area contributed by atoms with Gasteiger partial charge in [-0.2, -0.15) is 5.10 Å². The summed E-state index contributed by atoms with van der Waals surface area (Å²) >= 11 is 0. The van der Waals surface area contributed by atoms with Crippen molar-refractivity contribution in [1.82, 2.24) is 9.78 Å². The van der Waals surface area contributed by atoms with Crippen molar-refractivity contribution in [2.75, 3.05) is 18.5 Å². The molecule has 9 heteroatoms. The molecule has 0 saturated carbocycles. The largest absolute Gasteiger partial charge is 0.484 e. The molecule has 0 saturated heterocycles. The van der Waals surface area contributed by atoms with Crippen LogP contribution in [0.1, 0.15) is 21.7 Å². The summed E-state index contributed by atoms with van der Waals surface area (Å²) in [7, 11) is 1.77. The number of anilines is 1. The Bertz CT molecular complexity index is 826. The van der Waals surface area contributed by atoms with E-state index < -0.39 is 24.4 Å². The number of nitrogens with zero attached hydrogens (tertiary/aromatic N) is 2. The fourth-order valence-corrected chi connectivity index (χ4v) is 2.19. The molecule has 0 radical (unpaired) electrons. The topological polar surface area (TPSA) is 126 Å². The lowest BCUT2D eigenvalue weighted by atomic mass is 10.2. The van der Waals surface area contributed by atoms with Crippen LogP contribution in [0.15, 0.2) is 24.3 Å². The Balaban J connectivity index is 1.87. The van der Waals surface area contributed by atoms with Gasteiger partial charge in [0, 0.05) is 7.05 Å². The van der Waals surface area contributed by atoms with Crippen LogP contribution in [0.3, 0.4) is 0 Å². The number of hydrogen-bond donors (Lipinski definition) is 2. The van der Waals surface area contributed by atoms with Crippen LogP contribution >= 0.6 is 0 Å². The van der Waals surface area contributed by atoms with Crippen LogP contribution in [0.2, 0.25) is 0 Å².